The molecule has 2 fully saturated rings. The fraction of sp³-hybridized carbons (Fsp3) is 0.846. The maximum atomic E-state index is 12.1. The van der Waals surface area contributed by atoms with Gasteiger partial charge in [0.15, 0.2) is 0 Å². The lowest BCUT2D eigenvalue weighted by Crippen LogP contribution is -2.54. The molecule has 0 N–H and O–H groups in total. The molecule has 1 unspecified atom stereocenters. The summed E-state index contributed by atoms with van der Waals surface area (Å²) >= 11 is 0. The molecule has 0 aromatic heterocycles. The summed E-state index contributed by atoms with van der Waals surface area (Å²) in [6.07, 6.45) is 1.50. The van der Waals surface area contributed by atoms with Gasteiger partial charge < -0.3 is 9.80 Å². The average molecular weight is 237 g/mol. The van der Waals surface area contributed by atoms with Crippen LogP contribution in [0.15, 0.2) is 0 Å². The Bertz CT molecular complexity index is 317. The second-order valence-corrected chi connectivity index (χ2v) is 4.80. The number of likely N-dealkylation sites (N-methyl/N-ethyl adjacent to an activating group) is 1. The molecule has 0 bridgehead atoms. The second kappa shape index (κ2) is 5.50. The highest BCUT2D eigenvalue weighted by Crippen LogP contribution is 2.46. The molecule has 96 valence electrons. The van der Waals surface area contributed by atoms with E-state index in [-0.39, 0.29) is 11.9 Å². The Labute approximate surface area is 104 Å². The lowest BCUT2D eigenvalue weighted by molar-refractivity contribution is -0.139. The molecule has 1 aliphatic carbocycles. The third-order valence-electron chi connectivity index (χ3n) is 3.46. The summed E-state index contributed by atoms with van der Waals surface area (Å²) in [5.74, 6) is 0.0607. The minimum absolute atomic E-state index is 0.0607. The molecule has 1 atom stereocenters. The first-order chi connectivity index (χ1) is 8.09. The molecule has 1 saturated carbocycles. The van der Waals surface area contributed by atoms with Gasteiger partial charge in [-0.05, 0) is 26.8 Å². The minimum Gasteiger partial charge on any atom is -0.336 e. The van der Waals surface area contributed by atoms with Crippen LogP contribution in [0.3, 0.4) is 0 Å². The monoisotopic (exact) mass is 237 g/mol. The lowest BCUT2D eigenvalue weighted by Gasteiger charge is -2.39. The molecule has 4 nitrogen and oxygen atoms in total. The van der Waals surface area contributed by atoms with E-state index in [1.54, 1.807) is 0 Å². The van der Waals surface area contributed by atoms with Gasteiger partial charge >= 0.3 is 0 Å². The number of nitrogens with zero attached hydrogens (tertiary/aromatic N) is 3. The van der Waals surface area contributed by atoms with E-state index in [2.05, 4.69) is 24.9 Å². The molecule has 2 rings (SSSR count). The van der Waals surface area contributed by atoms with Crippen LogP contribution in [0.2, 0.25) is 0 Å². The van der Waals surface area contributed by atoms with Crippen molar-refractivity contribution in [2.75, 3.05) is 26.7 Å². The fourth-order valence-electron chi connectivity index (χ4n) is 2.21. The van der Waals surface area contributed by atoms with Gasteiger partial charge in [-0.15, -0.1) is 0 Å². The molecule has 1 saturated heterocycles. The molecule has 0 aromatic carbocycles. The Morgan fingerprint density at radius 3 is 2.35 bits per heavy atom. The molecule has 0 aromatic rings. The number of nitriles is 1. The van der Waals surface area contributed by atoms with Crippen molar-refractivity contribution in [3.05, 3.63) is 0 Å². The number of amides is 1. The van der Waals surface area contributed by atoms with E-state index in [1.807, 2.05) is 18.7 Å². The zero-order chi connectivity index (χ0) is 13.1. The summed E-state index contributed by atoms with van der Waals surface area (Å²) in [5.41, 5.74) is -0.649. The Hall–Kier alpha value is -1.08. The topological polar surface area (TPSA) is 47.3 Å². The largest absolute Gasteiger partial charge is 0.336 e. The van der Waals surface area contributed by atoms with Gasteiger partial charge in [0.05, 0.1) is 6.07 Å². The number of rotatable bonds is 1. The maximum absolute atomic E-state index is 12.1. The number of hydrogen-bond acceptors (Lipinski definition) is 3. The normalized spacial score (nSPS) is 26.5. The molecule has 0 radical (unpaired) electrons. The van der Waals surface area contributed by atoms with Crippen LogP contribution in [0, 0.1) is 16.7 Å². The highest BCUT2D eigenvalue weighted by Gasteiger charge is 2.53. The zero-order valence-corrected chi connectivity index (χ0v) is 11.4. The van der Waals surface area contributed by atoms with Crippen LogP contribution < -0.4 is 0 Å². The first-order valence-electron chi connectivity index (χ1n) is 6.50. The Morgan fingerprint density at radius 1 is 1.35 bits per heavy atom. The average Bonchev–Trinajstić information content (AvgIpc) is 3.12. The van der Waals surface area contributed by atoms with E-state index in [4.69, 9.17) is 5.26 Å². The Morgan fingerprint density at radius 2 is 1.94 bits per heavy atom. The highest BCUT2D eigenvalue weighted by atomic mass is 16.2. The van der Waals surface area contributed by atoms with Crippen molar-refractivity contribution in [1.29, 1.82) is 5.26 Å². The van der Waals surface area contributed by atoms with Crippen LogP contribution >= 0.6 is 0 Å². The third kappa shape index (κ3) is 2.78. The lowest BCUT2D eigenvalue weighted by atomic mass is 10.0. The summed E-state index contributed by atoms with van der Waals surface area (Å²) < 4.78 is 0. The van der Waals surface area contributed by atoms with Gasteiger partial charge in [-0.25, -0.2) is 0 Å². The molecule has 17 heavy (non-hydrogen) atoms. The van der Waals surface area contributed by atoms with E-state index < -0.39 is 5.41 Å². The number of hydrogen-bond donors (Lipinski definition) is 0. The maximum Gasteiger partial charge on any atom is 0.243 e. The third-order valence-corrected chi connectivity index (χ3v) is 3.46. The summed E-state index contributed by atoms with van der Waals surface area (Å²) in [5, 5.41) is 8.99. The SMILES string of the molecule is CC.CC1CN(C)CCN1C(=O)C1(C#N)CC1. The van der Waals surface area contributed by atoms with E-state index >= 15 is 0 Å². The van der Waals surface area contributed by atoms with E-state index in [9.17, 15) is 4.79 Å². The van der Waals surface area contributed by atoms with Gasteiger partial charge in [0.2, 0.25) is 5.91 Å². The molecular weight excluding hydrogens is 214 g/mol. The van der Waals surface area contributed by atoms with Gasteiger partial charge in [0.25, 0.3) is 0 Å². The van der Waals surface area contributed by atoms with E-state index in [0.717, 1.165) is 32.5 Å². The van der Waals surface area contributed by atoms with Crippen LogP contribution in [-0.2, 0) is 4.79 Å². The first-order valence-corrected chi connectivity index (χ1v) is 6.50. The summed E-state index contributed by atoms with van der Waals surface area (Å²) in [6, 6.07) is 2.41. The van der Waals surface area contributed by atoms with Gasteiger partial charge in [0.1, 0.15) is 5.41 Å². The smallest absolute Gasteiger partial charge is 0.243 e. The van der Waals surface area contributed by atoms with Crippen molar-refractivity contribution in [2.45, 2.75) is 39.7 Å². The number of carbonyl (C=O) groups is 1. The first kappa shape index (κ1) is 14.0. The summed E-state index contributed by atoms with van der Waals surface area (Å²) in [4.78, 5) is 16.2. The number of piperazine rings is 1. The van der Waals surface area contributed by atoms with Crippen molar-refractivity contribution < 1.29 is 4.79 Å². The van der Waals surface area contributed by atoms with Crippen molar-refractivity contribution in [3.63, 3.8) is 0 Å². The van der Waals surface area contributed by atoms with Gasteiger partial charge in [-0.1, -0.05) is 13.8 Å². The molecular formula is C13H23N3O. The van der Waals surface area contributed by atoms with E-state index in [1.165, 1.54) is 0 Å². The van der Waals surface area contributed by atoms with Crippen LogP contribution in [0.1, 0.15) is 33.6 Å². The molecule has 0 spiro atoms. The fourth-order valence-corrected chi connectivity index (χ4v) is 2.21. The van der Waals surface area contributed by atoms with Crippen molar-refractivity contribution in [2.24, 2.45) is 5.41 Å². The van der Waals surface area contributed by atoms with Gasteiger partial charge in [-0.3, -0.25) is 4.79 Å². The molecule has 1 aliphatic heterocycles. The number of carbonyl (C=O) groups excluding carboxylic acids is 1. The highest BCUT2D eigenvalue weighted by molar-refractivity contribution is 5.88. The standard InChI is InChI=1S/C11H17N3O.C2H6/c1-9-7-13(2)5-6-14(9)10(15)11(8-12)3-4-11;1-2/h9H,3-7H2,1-2H3;1-2H3. The van der Waals surface area contributed by atoms with Crippen LogP contribution in [0.5, 0.6) is 0 Å². The Kier molecular flexibility index (Phi) is 4.53. The van der Waals surface area contributed by atoms with E-state index in [0.29, 0.717) is 0 Å². The quantitative estimate of drug-likeness (QED) is 0.694. The summed E-state index contributed by atoms with van der Waals surface area (Å²) in [7, 11) is 2.06. The summed E-state index contributed by atoms with van der Waals surface area (Å²) in [6.45, 7) is 8.64. The van der Waals surface area contributed by atoms with Crippen LogP contribution in [0.4, 0.5) is 0 Å². The van der Waals surface area contributed by atoms with Crippen molar-refractivity contribution >= 4 is 5.91 Å². The van der Waals surface area contributed by atoms with Crippen molar-refractivity contribution in [3.8, 4) is 6.07 Å². The van der Waals surface area contributed by atoms with Crippen molar-refractivity contribution in [1.82, 2.24) is 9.80 Å². The molecule has 2 aliphatic rings. The molecule has 1 amide bonds. The predicted molar refractivity (Wildman–Crippen MR) is 67.3 cm³/mol. The predicted octanol–water partition coefficient (Wildman–Crippen LogP) is 1.48. The van der Waals surface area contributed by atoms with Crippen LogP contribution in [-0.4, -0.2) is 48.4 Å². The van der Waals surface area contributed by atoms with Gasteiger partial charge in [-0.2, -0.15) is 5.26 Å². The molecule has 4 heteroatoms. The second-order valence-electron chi connectivity index (χ2n) is 4.80. The van der Waals surface area contributed by atoms with Crippen LogP contribution in [0.25, 0.3) is 0 Å². The molecule has 1 heterocycles. The van der Waals surface area contributed by atoms with Gasteiger partial charge in [0, 0.05) is 25.7 Å². The minimum atomic E-state index is -0.649. The zero-order valence-electron chi connectivity index (χ0n) is 11.4. The Balaban J connectivity index is 0.000000686.